The standard InChI is InChI=1S/C32H30N4O5/c37-29-19-36(15-14-33-29)31(39)32(18-26(32)30(38)35-40)17-21-10-12-24(13-11-21)41-20-23-16-28(22-6-2-1-3-7-22)34-27-9-5-4-8-25(23)27/h1-13,16,26,40H,14-15,17-20H2,(H,33,37)(H,35,38)/t26-,32+/m1/s1. The molecule has 3 aromatic carbocycles. The fourth-order valence-corrected chi connectivity index (χ4v) is 5.71. The van der Waals surface area contributed by atoms with Gasteiger partial charge in [-0.25, -0.2) is 10.5 Å². The van der Waals surface area contributed by atoms with Gasteiger partial charge in [0.15, 0.2) is 0 Å². The summed E-state index contributed by atoms with van der Waals surface area (Å²) in [5.41, 5.74) is 5.39. The van der Waals surface area contributed by atoms with E-state index in [4.69, 9.17) is 9.72 Å². The lowest BCUT2D eigenvalue weighted by Gasteiger charge is -2.31. The van der Waals surface area contributed by atoms with Crippen molar-refractivity contribution in [3.8, 4) is 17.0 Å². The number of benzene rings is 3. The molecule has 2 atom stereocenters. The Bertz CT molecular complexity index is 1610. The fraction of sp³-hybridized carbons (Fsp3) is 0.250. The molecule has 9 nitrogen and oxygen atoms in total. The predicted molar refractivity (Wildman–Crippen MR) is 152 cm³/mol. The first kappa shape index (κ1) is 26.5. The van der Waals surface area contributed by atoms with Crippen LogP contribution in [-0.2, 0) is 27.4 Å². The number of hydrogen-bond donors (Lipinski definition) is 3. The number of pyridine rings is 1. The molecule has 0 radical (unpaired) electrons. The molecule has 1 saturated carbocycles. The highest BCUT2D eigenvalue weighted by Crippen LogP contribution is 2.56. The van der Waals surface area contributed by atoms with Crippen LogP contribution in [0.1, 0.15) is 17.5 Å². The number of nitrogens with one attached hydrogen (secondary N) is 2. The number of aromatic nitrogens is 1. The third-order valence-electron chi connectivity index (χ3n) is 7.96. The molecule has 6 rings (SSSR count). The Morgan fingerprint density at radius 1 is 1.05 bits per heavy atom. The second kappa shape index (κ2) is 11.0. The molecule has 1 aliphatic carbocycles. The van der Waals surface area contributed by atoms with Crippen molar-refractivity contribution >= 4 is 28.6 Å². The van der Waals surface area contributed by atoms with Gasteiger partial charge in [-0.3, -0.25) is 19.6 Å². The summed E-state index contributed by atoms with van der Waals surface area (Å²) in [6.45, 7) is 1.09. The number of carbonyl (C=O) groups excluding carboxylic acids is 3. The number of hydrogen-bond acceptors (Lipinski definition) is 6. The summed E-state index contributed by atoms with van der Waals surface area (Å²) in [7, 11) is 0. The van der Waals surface area contributed by atoms with E-state index in [0.717, 1.165) is 33.3 Å². The quantitative estimate of drug-likeness (QED) is 0.228. The lowest BCUT2D eigenvalue weighted by molar-refractivity contribution is -0.145. The van der Waals surface area contributed by atoms with Gasteiger partial charge in [-0.15, -0.1) is 0 Å². The lowest BCUT2D eigenvalue weighted by atomic mass is 9.91. The molecule has 41 heavy (non-hydrogen) atoms. The molecule has 3 amide bonds. The molecule has 208 valence electrons. The van der Waals surface area contributed by atoms with Gasteiger partial charge in [0.05, 0.1) is 29.1 Å². The van der Waals surface area contributed by atoms with Crippen LogP contribution < -0.4 is 15.5 Å². The molecule has 1 aromatic heterocycles. The molecule has 1 saturated heterocycles. The van der Waals surface area contributed by atoms with Gasteiger partial charge in [0.25, 0.3) is 0 Å². The average molecular weight is 551 g/mol. The van der Waals surface area contributed by atoms with Crippen molar-refractivity contribution in [2.75, 3.05) is 19.6 Å². The lowest BCUT2D eigenvalue weighted by Crippen LogP contribution is -2.53. The molecule has 0 spiro atoms. The molecule has 0 unspecified atom stereocenters. The first-order valence-corrected chi connectivity index (χ1v) is 13.6. The molecular formula is C32H30N4O5. The Hall–Kier alpha value is -4.76. The Labute approximate surface area is 237 Å². The molecule has 2 fully saturated rings. The Balaban J connectivity index is 1.19. The van der Waals surface area contributed by atoms with Crippen LogP contribution >= 0.6 is 0 Å². The summed E-state index contributed by atoms with van der Waals surface area (Å²) in [5.74, 6) is -1.02. The molecule has 2 heterocycles. The number of nitrogens with zero attached hydrogens (tertiary/aromatic N) is 2. The maximum absolute atomic E-state index is 13.5. The van der Waals surface area contributed by atoms with Crippen LogP contribution in [0.2, 0.25) is 0 Å². The number of ether oxygens (including phenoxy) is 1. The van der Waals surface area contributed by atoms with Crippen molar-refractivity contribution in [1.29, 1.82) is 0 Å². The van der Waals surface area contributed by atoms with Gasteiger partial charge in [-0.05, 0) is 42.7 Å². The summed E-state index contributed by atoms with van der Waals surface area (Å²) in [6.07, 6.45) is 0.630. The molecule has 9 heteroatoms. The number of rotatable bonds is 8. The van der Waals surface area contributed by atoms with Gasteiger partial charge in [0.2, 0.25) is 17.7 Å². The van der Waals surface area contributed by atoms with E-state index in [-0.39, 0.29) is 18.4 Å². The fourth-order valence-electron chi connectivity index (χ4n) is 5.71. The van der Waals surface area contributed by atoms with E-state index >= 15 is 0 Å². The van der Waals surface area contributed by atoms with Crippen LogP contribution in [0, 0.1) is 11.3 Å². The minimum atomic E-state index is -0.989. The van der Waals surface area contributed by atoms with Crippen LogP contribution in [-0.4, -0.2) is 52.4 Å². The third kappa shape index (κ3) is 5.36. The Morgan fingerprint density at radius 2 is 1.80 bits per heavy atom. The molecule has 2 aliphatic rings. The predicted octanol–water partition coefficient (Wildman–Crippen LogP) is 3.49. The van der Waals surface area contributed by atoms with Crippen LogP contribution in [0.15, 0.2) is 84.9 Å². The summed E-state index contributed by atoms with van der Waals surface area (Å²) in [4.78, 5) is 44.0. The van der Waals surface area contributed by atoms with E-state index < -0.39 is 17.2 Å². The van der Waals surface area contributed by atoms with Gasteiger partial charge < -0.3 is 15.0 Å². The first-order chi connectivity index (χ1) is 20.0. The van der Waals surface area contributed by atoms with Gasteiger partial charge in [-0.1, -0.05) is 60.7 Å². The number of carbonyl (C=O) groups is 3. The zero-order chi connectivity index (χ0) is 28.4. The van der Waals surface area contributed by atoms with Gasteiger partial charge >= 0.3 is 0 Å². The third-order valence-corrected chi connectivity index (χ3v) is 7.96. The van der Waals surface area contributed by atoms with Crippen LogP contribution in [0.3, 0.4) is 0 Å². The molecule has 0 bridgehead atoms. The summed E-state index contributed by atoms with van der Waals surface area (Å²) in [6, 6.07) is 27.6. The Kier molecular flexibility index (Phi) is 7.11. The average Bonchev–Trinajstić information content (AvgIpc) is 3.75. The highest BCUT2D eigenvalue weighted by Gasteiger charge is 2.64. The second-order valence-electron chi connectivity index (χ2n) is 10.6. The smallest absolute Gasteiger partial charge is 0.247 e. The van der Waals surface area contributed by atoms with E-state index in [0.29, 0.717) is 38.3 Å². The highest BCUT2D eigenvalue weighted by molar-refractivity contribution is 5.97. The van der Waals surface area contributed by atoms with Gasteiger partial charge in [0.1, 0.15) is 12.4 Å². The van der Waals surface area contributed by atoms with Crippen molar-refractivity contribution in [3.05, 3.63) is 96.1 Å². The van der Waals surface area contributed by atoms with Crippen LogP contribution in [0.5, 0.6) is 5.75 Å². The van der Waals surface area contributed by atoms with Gasteiger partial charge in [-0.2, -0.15) is 0 Å². The van der Waals surface area contributed by atoms with Crippen molar-refractivity contribution in [2.45, 2.75) is 19.4 Å². The largest absolute Gasteiger partial charge is 0.489 e. The minimum absolute atomic E-state index is 0.0312. The van der Waals surface area contributed by atoms with Crippen molar-refractivity contribution < 1.29 is 24.3 Å². The molecule has 3 N–H and O–H groups in total. The van der Waals surface area contributed by atoms with E-state index in [1.165, 1.54) is 4.90 Å². The number of para-hydroxylation sites is 1. The molecular weight excluding hydrogens is 520 g/mol. The first-order valence-electron chi connectivity index (χ1n) is 13.6. The van der Waals surface area contributed by atoms with Crippen LogP contribution in [0.25, 0.3) is 22.2 Å². The SMILES string of the molecule is O=C1CN(C(=O)[C@@]2(Cc3ccc(OCc4cc(-c5ccccc5)nc5ccccc45)cc3)C[C@@H]2C(=O)NO)CCN1. The molecule has 1 aliphatic heterocycles. The molecule has 4 aromatic rings. The Morgan fingerprint density at radius 3 is 2.56 bits per heavy atom. The maximum atomic E-state index is 13.5. The minimum Gasteiger partial charge on any atom is -0.489 e. The van der Waals surface area contributed by atoms with Crippen molar-refractivity contribution in [3.63, 3.8) is 0 Å². The maximum Gasteiger partial charge on any atom is 0.247 e. The van der Waals surface area contributed by atoms with Crippen molar-refractivity contribution in [1.82, 2.24) is 20.7 Å². The number of fused-ring (bicyclic) bond motifs is 1. The zero-order valence-corrected chi connectivity index (χ0v) is 22.4. The number of hydroxylamine groups is 1. The topological polar surface area (TPSA) is 121 Å². The monoisotopic (exact) mass is 550 g/mol. The second-order valence-corrected chi connectivity index (χ2v) is 10.6. The summed E-state index contributed by atoms with van der Waals surface area (Å²) in [5, 5.41) is 12.9. The summed E-state index contributed by atoms with van der Waals surface area (Å²) >= 11 is 0. The van der Waals surface area contributed by atoms with E-state index in [9.17, 15) is 19.6 Å². The highest BCUT2D eigenvalue weighted by atomic mass is 16.5. The number of piperazine rings is 1. The van der Waals surface area contributed by atoms with Crippen LogP contribution in [0.4, 0.5) is 0 Å². The zero-order valence-electron chi connectivity index (χ0n) is 22.4. The summed E-state index contributed by atoms with van der Waals surface area (Å²) < 4.78 is 6.18. The van der Waals surface area contributed by atoms with E-state index in [2.05, 4.69) is 11.4 Å². The van der Waals surface area contributed by atoms with E-state index in [1.54, 1.807) is 5.48 Å². The number of amides is 3. The van der Waals surface area contributed by atoms with Crippen molar-refractivity contribution in [2.24, 2.45) is 11.3 Å². The van der Waals surface area contributed by atoms with E-state index in [1.807, 2.05) is 78.9 Å². The normalized spacial score (nSPS) is 19.9. The van der Waals surface area contributed by atoms with Gasteiger partial charge in [0, 0.05) is 29.6 Å².